The van der Waals surface area contributed by atoms with Gasteiger partial charge in [0.15, 0.2) is 0 Å². The number of hydrogen-bond donors (Lipinski definition) is 1. The first kappa shape index (κ1) is 22.4. The van der Waals surface area contributed by atoms with E-state index < -0.39 is 0 Å². The van der Waals surface area contributed by atoms with Crippen molar-refractivity contribution < 1.29 is 5.11 Å². The second-order valence-electron chi connectivity index (χ2n) is 7.40. The van der Waals surface area contributed by atoms with Gasteiger partial charge in [0.1, 0.15) is 6.17 Å². The van der Waals surface area contributed by atoms with Gasteiger partial charge in [0.25, 0.3) is 0 Å². The Labute approximate surface area is 156 Å². The van der Waals surface area contributed by atoms with Crippen molar-refractivity contribution in [1.82, 2.24) is 4.90 Å². The largest absolute Gasteiger partial charge is 0.395 e. The molecule has 1 heterocycles. The van der Waals surface area contributed by atoms with Gasteiger partial charge in [0.05, 0.1) is 6.61 Å². The predicted molar refractivity (Wildman–Crippen MR) is 110 cm³/mol. The highest BCUT2D eigenvalue weighted by atomic mass is 16.3. The maximum absolute atomic E-state index is 9.04. The van der Waals surface area contributed by atoms with Gasteiger partial charge < -0.3 is 5.11 Å². The first-order valence-corrected chi connectivity index (χ1v) is 10.9. The van der Waals surface area contributed by atoms with Crippen LogP contribution < -0.4 is 0 Å². The first-order valence-electron chi connectivity index (χ1n) is 10.9. The molecule has 0 saturated heterocycles. The molecule has 0 spiro atoms. The number of rotatable bonds is 17. The smallest absolute Gasteiger partial charge is 0.102 e. The van der Waals surface area contributed by atoms with Gasteiger partial charge >= 0.3 is 0 Å². The molecule has 1 N–H and O–H groups in total. The van der Waals surface area contributed by atoms with Crippen LogP contribution in [0.15, 0.2) is 17.1 Å². The van der Waals surface area contributed by atoms with Crippen molar-refractivity contribution >= 4 is 6.21 Å². The maximum atomic E-state index is 9.04. The Hall–Kier alpha value is -0.670. The Morgan fingerprint density at radius 3 is 2.16 bits per heavy atom. The van der Waals surface area contributed by atoms with Gasteiger partial charge in [-0.3, -0.25) is 9.89 Å². The lowest BCUT2D eigenvalue weighted by molar-refractivity contribution is 0.179. The molecule has 1 unspecified atom stereocenters. The molecular weight excluding hydrogens is 308 g/mol. The molecule has 0 fully saturated rings. The highest BCUT2D eigenvalue weighted by Gasteiger charge is 2.18. The minimum atomic E-state index is 0.231. The summed E-state index contributed by atoms with van der Waals surface area (Å²) >= 11 is 0. The van der Waals surface area contributed by atoms with E-state index in [1.165, 1.54) is 77.0 Å². The number of aliphatic hydroxyl groups excluding tert-OH is 1. The quantitative estimate of drug-likeness (QED) is 0.269. The van der Waals surface area contributed by atoms with Crippen molar-refractivity contribution in [3.63, 3.8) is 0 Å². The monoisotopic (exact) mass is 350 g/mol. The molecule has 3 heteroatoms. The fraction of sp³-hybridized carbons (Fsp3) is 0.864. The van der Waals surface area contributed by atoms with Crippen LogP contribution in [0.4, 0.5) is 0 Å². The summed E-state index contributed by atoms with van der Waals surface area (Å²) in [5, 5.41) is 9.04. The molecule has 0 amide bonds. The molecule has 25 heavy (non-hydrogen) atoms. The van der Waals surface area contributed by atoms with E-state index >= 15 is 0 Å². The van der Waals surface area contributed by atoms with E-state index in [0.29, 0.717) is 6.17 Å². The summed E-state index contributed by atoms with van der Waals surface area (Å²) in [5.41, 5.74) is 0. The molecule has 146 valence electrons. The van der Waals surface area contributed by atoms with Crippen LogP contribution in [-0.2, 0) is 0 Å². The van der Waals surface area contributed by atoms with Crippen molar-refractivity contribution in [2.75, 3.05) is 19.7 Å². The highest BCUT2D eigenvalue weighted by molar-refractivity contribution is 5.62. The second kappa shape index (κ2) is 16.8. The van der Waals surface area contributed by atoms with Crippen LogP contribution in [-0.4, -0.2) is 42.1 Å². The molecule has 0 bridgehead atoms. The summed E-state index contributed by atoms with van der Waals surface area (Å²) in [6, 6.07) is 0. The van der Waals surface area contributed by atoms with E-state index in [-0.39, 0.29) is 6.61 Å². The standard InChI is InChI=1S/C22H42N2O/c1-2-3-4-5-6-7-8-9-10-11-12-13-14-15-16-17-22-23-18-19-24(22)20-21-25/h14-15,18,22,25H,2-13,16-17,19-21H2,1H3/b15-14+. The summed E-state index contributed by atoms with van der Waals surface area (Å²) in [6.45, 7) is 4.15. The summed E-state index contributed by atoms with van der Waals surface area (Å²) in [7, 11) is 0. The summed E-state index contributed by atoms with van der Waals surface area (Å²) in [5.74, 6) is 0. The topological polar surface area (TPSA) is 35.8 Å². The zero-order valence-corrected chi connectivity index (χ0v) is 16.7. The number of unbranched alkanes of at least 4 members (excludes halogenated alkanes) is 11. The first-order chi connectivity index (χ1) is 12.4. The third-order valence-corrected chi connectivity index (χ3v) is 5.13. The van der Waals surface area contributed by atoms with Gasteiger partial charge in [0, 0.05) is 19.3 Å². The van der Waals surface area contributed by atoms with E-state index in [4.69, 9.17) is 5.11 Å². The van der Waals surface area contributed by atoms with Gasteiger partial charge in [-0.1, -0.05) is 83.3 Å². The summed E-state index contributed by atoms with van der Waals surface area (Å²) in [4.78, 5) is 6.74. The van der Waals surface area contributed by atoms with Gasteiger partial charge in [-0.15, -0.1) is 0 Å². The number of allylic oxidation sites excluding steroid dienone is 2. The van der Waals surface area contributed by atoms with Crippen LogP contribution in [0, 0.1) is 0 Å². The maximum Gasteiger partial charge on any atom is 0.102 e. The van der Waals surface area contributed by atoms with E-state index in [1.807, 2.05) is 6.21 Å². The Morgan fingerprint density at radius 2 is 1.52 bits per heavy atom. The summed E-state index contributed by atoms with van der Waals surface area (Å²) in [6.07, 6.45) is 25.9. The van der Waals surface area contributed by atoms with Crippen molar-refractivity contribution in [3.8, 4) is 0 Å². The van der Waals surface area contributed by atoms with E-state index in [9.17, 15) is 0 Å². The van der Waals surface area contributed by atoms with Crippen molar-refractivity contribution in [3.05, 3.63) is 12.2 Å². The van der Waals surface area contributed by atoms with Gasteiger partial charge in [-0.25, -0.2) is 0 Å². The average molecular weight is 351 g/mol. The molecular formula is C22H42N2O. The highest BCUT2D eigenvalue weighted by Crippen LogP contribution is 2.14. The third kappa shape index (κ3) is 12.3. The third-order valence-electron chi connectivity index (χ3n) is 5.13. The molecule has 3 nitrogen and oxygen atoms in total. The lowest BCUT2D eigenvalue weighted by Gasteiger charge is -2.21. The predicted octanol–water partition coefficient (Wildman–Crippen LogP) is 5.73. The lowest BCUT2D eigenvalue weighted by atomic mass is 10.1. The fourth-order valence-electron chi connectivity index (χ4n) is 3.52. The van der Waals surface area contributed by atoms with Crippen molar-refractivity contribution in [1.29, 1.82) is 0 Å². The minimum Gasteiger partial charge on any atom is -0.395 e. The molecule has 1 atom stereocenters. The molecule has 1 aliphatic rings. The zero-order valence-electron chi connectivity index (χ0n) is 16.7. The molecule has 0 aliphatic carbocycles. The Balaban J connectivity index is 1.82. The molecule has 0 radical (unpaired) electrons. The summed E-state index contributed by atoms with van der Waals surface area (Å²) < 4.78 is 0. The van der Waals surface area contributed by atoms with Crippen LogP contribution in [0.3, 0.4) is 0 Å². The molecule has 0 aromatic heterocycles. The number of hydrogen-bond acceptors (Lipinski definition) is 3. The van der Waals surface area contributed by atoms with E-state index in [1.54, 1.807) is 0 Å². The minimum absolute atomic E-state index is 0.231. The molecule has 0 aromatic rings. The number of nitrogens with zero attached hydrogens (tertiary/aromatic N) is 2. The lowest BCUT2D eigenvalue weighted by Crippen LogP contribution is -2.32. The van der Waals surface area contributed by atoms with Gasteiger partial charge in [-0.2, -0.15) is 0 Å². The van der Waals surface area contributed by atoms with Crippen LogP contribution >= 0.6 is 0 Å². The number of aliphatic imine (C=N–C) groups is 1. The van der Waals surface area contributed by atoms with E-state index in [0.717, 1.165) is 25.9 Å². The van der Waals surface area contributed by atoms with Crippen molar-refractivity contribution in [2.24, 2.45) is 4.99 Å². The van der Waals surface area contributed by atoms with E-state index in [2.05, 4.69) is 29.0 Å². The SMILES string of the molecule is CCCCCCCCCCCCC/C=C/CCC1N=CCN1CCO. The normalized spacial score (nSPS) is 17.9. The van der Waals surface area contributed by atoms with Crippen LogP contribution in [0.1, 0.15) is 96.8 Å². The van der Waals surface area contributed by atoms with Crippen LogP contribution in [0.25, 0.3) is 0 Å². The molecule has 1 aliphatic heterocycles. The van der Waals surface area contributed by atoms with Gasteiger partial charge in [0.2, 0.25) is 0 Å². The van der Waals surface area contributed by atoms with Crippen LogP contribution in [0.5, 0.6) is 0 Å². The molecule has 0 aromatic carbocycles. The molecule has 1 rings (SSSR count). The average Bonchev–Trinajstić information content (AvgIpc) is 3.06. The number of aliphatic hydroxyl groups is 1. The van der Waals surface area contributed by atoms with Crippen molar-refractivity contribution in [2.45, 2.75) is 103 Å². The Kier molecular flexibility index (Phi) is 15.0. The van der Waals surface area contributed by atoms with Gasteiger partial charge in [-0.05, 0) is 25.7 Å². The second-order valence-corrected chi connectivity index (χ2v) is 7.40. The zero-order chi connectivity index (χ0) is 18.0. The Morgan fingerprint density at radius 1 is 0.920 bits per heavy atom. The molecule has 0 saturated carbocycles. The van der Waals surface area contributed by atoms with Crippen LogP contribution in [0.2, 0.25) is 0 Å². The number of β-amino-alcohol motifs (C(OH)–C–C–N with tert-alkyl or cyclic N) is 1. The fourth-order valence-corrected chi connectivity index (χ4v) is 3.52. The Bertz CT molecular complexity index is 341.